The van der Waals surface area contributed by atoms with Crippen LogP contribution in [0.5, 0.6) is 11.5 Å². The summed E-state index contributed by atoms with van der Waals surface area (Å²) in [5, 5.41) is 5.15. The summed E-state index contributed by atoms with van der Waals surface area (Å²) in [7, 11) is -1.11. The molecule has 0 aliphatic heterocycles. The molecule has 2 N–H and O–H groups in total. The summed E-state index contributed by atoms with van der Waals surface area (Å²) >= 11 is 0. The fourth-order valence-electron chi connectivity index (χ4n) is 2.07. The molecule has 126 valence electrons. The minimum Gasteiger partial charge on any atom is -0.497 e. The Morgan fingerprint density at radius 1 is 1.08 bits per heavy atom. The van der Waals surface area contributed by atoms with Crippen molar-refractivity contribution >= 4 is 21.9 Å². The van der Waals surface area contributed by atoms with E-state index in [-0.39, 0.29) is 22.0 Å². The van der Waals surface area contributed by atoms with Crippen LogP contribution >= 0.6 is 0 Å². The van der Waals surface area contributed by atoms with Crippen LogP contribution in [0.4, 0.5) is 0 Å². The lowest BCUT2D eigenvalue weighted by atomic mass is 10.1. The van der Waals surface area contributed by atoms with Crippen LogP contribution in [0.2, 0.25) is 0 Å². The molecule has 0 aliphatic rings. The Morgan fingerprint density at radius 3 is 2.46 bits per heavy atom. The first kappa shape index (κ1) is 17.7. The van der Waals surface area contributed by atoms with Crippen LogP contribution in [-0.2, 0) is 10.0 Å². The molecular formula is C17H17NO5S. The minimum atomic E-state index is -4.00. The molecule has 2 rings (SSSR count). The zero-order valence-electron chi connectivity index (χ0n) is 13.2. The maximum absolute atomic E-state index is 12.3. The number of ether oxygens (including phenoxy) is 2. The summed E-state index contributed by atoms with van der Waals surface area (Å²) in [6.45, 7) is 0. The Balaban J connectivity index is 2.31. The highest BCUT2D eigenvalue weighted by molar-refractivity contribution is 7.89. The molecule has 2 aromatic rings. The number of allylic oxidation sites excluding steroid dienone is 1. The van der Waals surface area contributed by atoms with Gasteiger partial charge in [-0.15, -0.1) is 0 Å². The van der Waals surface area contributed by atoms with Gasteiger partial charge >= 0.3 is 0 Å². The van der Waals surface area contributed by atoms with Crippen molar-refractivity contribution in [3.8, 4) is 11.5 Å². The van der Waals surface area contributed by atoms with Crippen LogP contribution in [0.1, 0.15) is 15.9 Å². The number of carbonyl (C=O) groups is 1. The van der Waals surface area contributed by atoms with Gasteiger partial charge in [0.05, 0.1) is 14.2 Å². The number of carbonyl (C=O) groups excluding carboxylic acids is 1. The summed E-state index contributed by atoms with van der Waals surface area (Å²) < 4.78 is 33.3. The highest BCUT2D eigenvalue weighted by Gasteiger charge is 2.17. The monoisotopic (exact) mass is 347 g/mol. The standard InChI is InChI=1S/C17H17NO5S/c1-22-14-5-3-4-12(10-14)6-8-15(19)13-7-9-16(23-2)17(11-13)24(18,20)21/h3-11H,1-2H3,(H2,18,20,21)/b8-6+. The summed E-state index contributed by atoms with van der Waals surface area (Å²) in [4.78, 5) is 12.0. The van der Waals surface area contributed by atoms with Gasteiger partial charge in [0, 0.05) is 5.56 Å². The fourth-order valence-corrected chi connectivity index (χ4v) is 2.79. The Hall–Kier alpha value is -2.64. The van der Waals surface area contributed by atoms with Gasteiger partial charge in [0.1, 0.15) is 16.4 Å². The molecule has 0 aromatic heterocycles. The number of primary sulfonamides is 1. The van der Waals surface area contributed by atoms with Crippen molar-refractivity contribution in [1.82, 2.24) is 0 Å². The van der Waals surface area contributed by atoms with Gasteiger partial charge < -0.3 is 9.47 Å². The smallest absolute Gasteiger partial charge is 0.241 e. The molecule has 0 aliphatic carbocycles. The molecule has 0 amide bonds. The van der Waals surface area contributed by atoms with Crippen molar-refractivity contribution in [3.05, 3.63) is 59.7 Å². The van der Waals surface area contributed by atoms with Crippen molar-refractivity contribution in [1.29, 1.82) is 0 Å². The van der Waals surface area contributed by atoms with E-state index in [4.69, 9.17) is 14.6 Å². The van der Waals surface area contributed by atoms with Crippen LogP contribution in [0.25, 0.3) is 6.08 Å². The predicted octanol–water partition coefficient (Wildman–Crippen LogP) is 2.25. The van der Waals surface area contributed by atoms with Crippen LogP contribution < -0.4 is 14.6 Å². The fraction of sp³-hybridized carbons (Fsp3) is 0.118. The van der Waals surface area contributed by atoms with Gasteiger partial charge in [-0.05, 0) is 42.0 Å². The van der Waals surface area contributed by atoms with E-state index >= 15 is 0 Å². The maximum atomic E-state index is 12.3. The molecule has 2 aromatic carbocycles. The molecule has 6 nitrogen and oxygen atoms in total. The van der Waals surface area contributed by atoms with Crippen molar-refractivity contribution in [2.24, 2.45) is 5.14 Å². The number of ketones is 1. The van der Waals surface area contributed by atoms with Gasteiger partial charge in [-0.3, -0.25) is 4.79 Å². The second-order valence-electron chi connectivity index (χ2n) is 4.88. The number of hydrogen-bond donors (Lipinski definition) is 1. The van der Waals surface area contributed by atoms with E-state index in [2.05, 4.69) is 0 Å². The van der Waals surface area contributed by atoms with E-state index in [1.807, 2.05) is 6.07 Å². The number of sulfonamides is 1. The van der Waals surface area contributed by atoms with Crippen molar-refractivity contribution in [2.45, 2.75) is 4.90 Å². The van der Waals surface area contributed by atoms with Gasteiger partial charge in [-0.2, -0.15) is 0 Å². The van der Waals surface area contributed by atoms with Crippen molar-refractivity contribution in [3.63, 3.8) is 0 Å². The molecule has 0 spiro atoms. The van der Waals surface area contributed by atoms with E-state index in [1.54, 1.807) is 31.4 Å². The third-order valence-corrected chi connectivity index (χ3v) is 4.21. The van der Waals surface area contributed by atoms with Gasteiger partial charge in [0.15, 0.2) is 5.78 Å². The second kappa shape index (κ2) is 7.29. The summed E-state index contributed by atoms with van der Waals surface area (Å²) in [5.41, 5.74) is 0.974. The highest BCUT2D eigenvalue weighted by atomic mass is 32.2. The molecule has 0 unspecified atom stereocenters. The number of rotatable bonds is 6. The first-order valence-electron chi connectivity index (χ1n) is 6.92. The number of methoxy groups -OCH3 is 2. The average molecular weight is 347 g/mol. The molecular weight excluding hydrogens is 330 g/mol. The molecule has 0 radical (unpaired) electrons. The lowest BCUT2D eigenvalue weighted by molar-refractivity contribution is 0.104. The number of hydrogen-bond acceptors (Lipinski definition) is 5. The highest BCUT2D eigenvalue weighted by Crippen LogP contribution is 2.24. The molecule has 0 heterocycles. The molecule has 0 atom stereocenters. The number of nitrogens with two attached hydrogens (primary N) is 1. The maximum Gasteiger partial charge on any atom is 0.241 e. The molecule has 0 saturated heterocycles. The SMILES string of the molecule is COc1cccc(/C=C/C(=O)c2ccc(OC)c(S(N)(=O)=O)c2)c1. The van der Waals surface area contributed by atoms with Crippen molar-refractivity contribution in [2.75, 3.05) is 14.2 Å². The van der Waals surface area contributed by atoms with E-state index in [1.165, 1.54) is 31.4 Å². The molecule has 0 bridgehead atoms. The average Bonchev–Trinajstić information content (AvgIpc) is 2.58. The predicted molar refractivity (Wildman–Crippen MR) is 90.7 cm³/mol. The first-order valence-corrected chi connectivity index (χ1v) is 8.47. The van der Waals surface area contributed by atoms with Gasteiger partial charge in [-0.25, -0.2) is 13.6 Å². The zero-order chi connectivity index (χ0) is 17.7. The molecule has 24 heavy (non-hydrogen) atoms. The summed E-state index contributed by atoms with van der Waals surface area (Å²) in [6.07, 6.45) is 2.97. The van der Waals surface area contributed by atoms with Crippen molar-refractivity contribution < 1.29 is 22.7 Å². The molecule has 0 fully saturated rings. The number of benzene rings is 2. The largest absolute Gasteiger partial charge is 0.497 e. The Bertz CT molecular complexity index is 888. The van der Waals surface area contributed by atoms with Gasteiger partial charge in [0.2, 0.25) is 10.0 Å². The van der Waals surface area contributed by atoms with Crippen LogP contribution in [0.3, 0.4) is 0 Å². The Labute approximate surface area is 140 Å². The van der Waals surface area contributed by atoms with Gasteiger partial charge in [-0.1, -0.05) is 18.2 Å². The van der Waals surface area contributed by atoms with E-state index in [0.29, 0.717) is 5.75 Å². The minimum absolute atomic E-state index is 0.0887. The van der Waals surface area contributed by atoms with E-state index in [0.717, 1.165) is 5.56 Å². The first-order chi connectivity index (χ1) is 11.3. The lowest BCUT2D eigenvalue weighted by Crippen LogP contribution is -2.14. The third-order valence-electron chi connectivity index (χ3n) is 3.28. The third kappa shape index (κ3) is 4.21. The quantitative estimate of drug-likeness (QED) is 0.639. The van der Waals surface area contributed by atoms with E-state index < -0.39 is 10.0 Å². The Kier molecular flexibility index (Phi) is 5.38. The van der Waals surface area contributed by atoms with Crippen LogP contribution in [0, 0.1) is 0 Å². The summed E-state index contributed by atoms with van der Waals surface area (Å²) in [6, 6.07) is 11.3. The molecule has 0 saturated carbocycles. The second-order valence-corrected chi connectivity index (χ2v) is 6.41. The topological polar surface area (TPSA) is 95.7 Å². The van der Waals surface area contributed by atoms with E-state index in [9.17, 15) is 13.2 Å². The van der Waals surface area contributed by atoms with Crippen LogP contribution in [-0.4, -0.2) is 28.4 Å². The lowest BCUT2D eigenvalue weighted by Gasteiger charge is -2.07. The van der Waals surface area contributed by atoms with Gasteiger partial charge in [0.25, 0.3) is 0 Å². The summed E-state index contributed by atoms with van der Waals surface area (Å²) in [5.74, 6) is 0.404. The van der Waals surface area contributed by atoms with Crippen LogP contribution in [0.15, 0.2) is 53.4 Å². The normalized spacial score (nSPS) is 11.5. The Morgan fingerprint density at radius 2 is 1.83 bits per heavy atom. The molecule has 7 heteroatoms. The zero-order valence-corrected chi connectivity index (χ0v) is 14.0.